The van der Waals surface area contributed by atoms with E-state index in [2.05, 4.69) is 218 Å². The Morgan fingerprint density at radius 1 is 0.185 bits per heavy atom. The monoisotopic (exact) mass is 684 g/mol. The molecule has 0 fully saturated rings. The summed E-state index contributed by atoms with van der Waals surface area (Å²) in [4.78, 5) is 0. The molecule has 0 nitrogen and oxygen atoms in total. The predicted molar refractivity (Wildman–Crippen MR) is 232 cm³/mol. The third kappa shape index (κ3) is 5.66. The molecule has 252 valence electrons. The van der Waals surface area contributed by atoms with E-state index in [4.69, 9.17) is 0 Å². The van der Waals surface area contributed by atoms with Gasteiger partial charge in [0.25, 0.3) is 0 Å². The second-order valence-electron chi connectivity index (χ2n) is 14.1. The Balaban J connectivity index is 1.19. The first kappa shape index (κ1) is 31.7. The second kappa shape index (κ2) is 13.5. The van der Waals surface area contributed by atoms with Gasteiger partial charge < -0.3 is 0 Å². The summed E-state index contributed by atoms with van der Waals surface area (Å²) in [6.07, 6.45) is 0. The van der Waals surface area contributed by atoms with Crippen LogP contribution in [-0.4, -0.2) is 0 Å². The molecule has 10 aromatic rings. The highest BCUT2D eigenvalue weighted by atomic mass is 14.2. The average Bonchev–Trinajstić information content (AvgIpc) is 3.26. The van der Waals surface area contributed by atoms with Gasteiger partial charge in [0, 0.05) is 0 Å². The largest absolute Gasteiger partial charge is 0.0622 e. The molecule has 0 saturated carbocycles. The van der Waals surface area contributed by atoms with Gasteiger partial charge in [-0.2, -0.15) is 0 Å². The van der Waals surface area contributed by atoms with Crippen LogP contribution in [0.1, 0.15) is 0 Å². The number of benzene rings is 10. The van der Waals surface area contributed by atoms with Gasteiger partial charge in [-0.05, 0) is 129 Å². The highest BCUT2D eigenvalue weighted by Crippen LogP contribution is 2.46. The molecular formula is C54H36. The van der Waals surface area contributed by atoms with E-state index < -0.39 is 0 Å². The third-order valence-corrected chi connectivity index (χ3v) is 10.8. The summed E-state index contributed by atoms with van der Waals surface area (Å²) in [5.74, 6) is 0. The Hall–Kier alpha value is -7.02. The highest BCUT2D eigenvalue weighted by Gasteiger charge is 2.18. The van der Waals surface area contributed by atoms with Gasteiger partial charge in [0.15, 0.2) is 0 Å². The molecular weight excluding hydrogens is 649 g/mol. The van der Waals surface area contributed by atoms with Gasteiger partial charge in [-0.25, -0.2) is 0 Å². The van der Waals surface area contributed by atoms with Crippen LogP contribution in [0.25, 0.3) is 99.1 Å². The molecule has 10 rings (SSSR count). The van der Waals surface area contributed by atoms with Crippen LogP contribution in [0.3, 0.4) is 0 Å². The summed E-state index contributed by atoms with van der Waals surface area (Å²) in [5.41, 5.74) is 14.7. The first-order valence-electron chi connectivity index (χ1n) is 18.7. The van der Waals surface area contributed by atoms with Crippen LogP contribution in [0.2, 0.25) is 0 Å². The van der Waals surface area contributed by atoms with Crippen LogP contribution in [0.15, 0.2) is 218 Å². The Morgan fingerprint density at radius 3 is 1.07 bits per heavy atom. The summed E-state index contributed by atoms with van der Waals surface area (Å²) in [5, 5.41) is 7.47. The van der Waals surface area contributed by atoms with Crippen LogP contribution in [0.5, 0.6) is 0 Å². The standard InChI is InChI=1S/C54H36/c1-4-16-37(17-5-1)44-34-45(38-18-6-2-7-19-38)36-46(35-44)54-51-26-14-12-24-49(51)53(50-25-13-15-27-52(50)54)42-31-29-39-28-30-41(32-43(39)33-42)48-23-11-10-22-47(48)40-20-8-3-9-21-40/h1-36H. The number of fused-ring (bicyclic) bond motifs is 3. The summed E-state index contributed by atoms with van der Waals surface area (Å²) >= 11 is 0. The molecule has 0 aliphatic carbocycles. The summed E-state index contributed by atoms with van der Waals surface area (Å²) in [6.45, 7) is 0. The number of hydrogen-bond donors (Lipinski definition) is 0. The van der Waals surface area contributed by atoms with Gasteiger partial charge >= 0.3 is 0 Å². The van der Waals surface area contributed by atoms with Gasteiger partial charge in [0.1, 0.15) is 0 Å². The molecule has 0 unspecified atom stereocenters. The minimum atomic E-state index is 1.21. The lowest BCUT2D eigenvalue weighted by Crippen LogP contribution is -1.92. The van der Waals surface area contributed by atoms with Crippen molar-refractivity contribution in [2.24, 2.45) is 0 Å². The van der Waals surface area contributed by atoms with E-state index in [1.54, 1.807) is 0 Å². The Bertz CT molecular complexity index is 2840. The Morgan fingerprint density at radius 2 is 0.556 bits per heavy atom. The zero-order chi connectivity index (χ0) is 35.8. The molecule has 0 bridgehead atoms. The highest BCUT2D eigenvalue weighted by molar-refractivity contribution is 6.22. The zero-order valence-corrected chi connectivity index (χ0v) is 29.8. The van der Waals surface area contributed by atoms with E-state index in [1.807, 2.05) is 0 Å². The van der Waals surface area contributed by atoms with E-state index in [-0.39, 0.29) is 0 Å². The van der Waals surface area contributed by atoms with Crippen molar-refractivity contribution < 1.29 is 0 Å². The molecule has 0 atom stereocenters. The fourth-order valence-corrected chi connectivity index (χ4v) is 8.29. The van der Waals surface area contributed by atoms with Crippen LogP contribution in [0, 0.1) is 0 Å². The van der Waals surface area contributed by atoms with Gasteiger partial charge in [0.2, 0.25) is 0 Å². The lowest BCUT2D eigenvalue weighted by molar-refractivity contribution is 1.58. The van der Waals surface area contributed by atoms with Crippen LogP contribution >= 0.6 is 0 Å². The maximum atomic E-state index is 2.39. The fourth-order valence-electron chi connectivity index (χ4n) is 8.29. The van der Waals surface area contributed by atoms with E-state index in [9.17, 15) is 0 Å². The van der Waals surface area contributed by atoms with Gasteiger partial charge in [0.05, 0.1) is 0 Å². The molecule has 0 N–H and O–H groups in total. The molecule has 0 aliphatic rings. The van der Waals surface area contributed by atoms with Crippen molar-refractivity contribution in [3.63, 3.8) is 0 Å². The van der Waals surface area contributed by atoms with Crippen molar-refractivity contribution in [3.8, 4) is 66.8 Å². The molecule has 0 aliphatic heterocycles. The first-order valence-corrected chi connectivity index (χ1v) is 18.7. The van der Waals surface area contributed by atoms with Crippen LogP contribution < -0.4 is 0 Å². The predicted octanol–water partition coefficient (Wildman–Crippen LogP) is 15.1. The molecule has 10 aromatic carbocycles. The van der Waals surface area contributed by atoms with Crippen molar-refractivity contribution >= 4 is 32.3 Å². The summed E-state index contributed by atoms with van der Waals surface area (Å²) < 4.78 is 0. The summed E-state index contributed by atoms with van der Waals surface area (Å²) in [7, 11) is 0. The molecule has 0 heterocycles. The molecule has 0 aromatic heterocycles. The zero-order valence-electron chi connectivity index (χ0n) is 29.8. The number of hydrogen-bond acceptors (Lipinski definition) is 0. The van der Waals surface area contributed by atoms with Gasteiger partial charge in [-0.15, -0.1) is 0 Å². The normalized spacial score (nSPS) is 11.3. The quantitative estimate of drug-likeness (QED) is 0.153. The van der Waals surface area contributed by atoms with Crippen LogP contribution in [-0.2, 0) is 0 Å². The topological polar surface area (TPSA) is 0 Å². The molecule has 54 heavy (non-hydrogen) atoms. The van der Waals surface area contributed by atoms with E-state index >= 15 is 0 Å². The van der Waals surface area contributed by atoms with Crippen LogP contribution in [0.4, 0.5) is 0 Å². The molecule has 0 radical (unpaired) electrons. The Kier molecular flexibility index (Phi) is 7.93. The molecule has 0 saturated heterocycles. The lowest BCUT2D eigenvalue weighted by atomic mass is 9.84. The maximum absolute atomic E-state index is 2.39. The van der Waals surface area contributed by atoms with E-state index in [0.29, 0.717) is 0 Å². The number of rotatable bonds is 6. The lowest BCUT2D eigenvalue weighted by Gasteiger charge is -2.19. The first-order chi connectivity index (χ1) is 26.8. The minimum absolute atomic E-state index is 1.21. The third-order valence-electron chi connectivity index (χ3n) is 10.8. The van der Waals surface area contributed by atoms with Gasteiger partial charge in [-0.1, -0.05) is 188 Å². The second-order valence-corrected chi connectivity index (χ2v) is 14.1. The summed E-state index contributed by atoms with van der Waals surface area (Å²) in [6, 6.07) is 79.8. The molecule has 0 heteroatoms. The van der Waals surface area contributed by atoms with Crippen molar-refractivity contribution in [1.82, 2.24) is 0 Å². The maximum Gasteiger partial charge on any atom is -0.00259 e. The van der Waals surface area contributed by atoms with Crippen molar-refractivity contribution in [2.45, 2.75) is 0 Å². The SMILES string of the molecule is c1ccc(-c2cc(-c3ccccc3)cc(-c3c4ccccc4c(-c4ccc5ccc(-c6ccccc6-c6ccccc6)cc5c4)c4ccccc34)c2)cc1. The van der Waals surface area contributed by atoms with Crippen molar-refractivity contribution in [2.75, 3.05) is 0 Å². The minimum Gasteiger partial charge on any atom is -0.0622 e. The molecule has 0 spiro atoms. The van der Waals surface area contributed by atoms with Crippen molar-refractivity contribution in [1.29, 1.82) is 0 Å². The smallest absolute Gasteiger partial charge is 0.00259 e. The van der Waals surface area contributed by atoms with E-state index in [0.717, 1.165) is 0 Å². The van der Waals surface area contributed by atoms with Gasteiger partial charge in [-0.3, -0.25) is 0 Å². The fraction of sp³-hybridized carbons (Fsp3) is 0. The van der Waals surface area contributed by atoms with E-state index in [1.165, 1.54) is 99.1 Å². The average molecular weight is 685 g/mol. The van der Waals surface area contributed by atoms with Crippen molar-refractivity contribution in [3.05, 3.63) is 218 Å². The molecule has 0 amide bonds. The Labute approximate surface area is 316 Å².